The Labute approximate surface area is 112 Å². The van der Waals surface area contributed by atoms with E-state index in [1.165, 1.54) is 11.2 Å². The Kier molecular flexibility index (Phi) is 5.50. The zero-order valence-corrected chi connectivity index (χ0v) is 11.2. The van der Waals surface area contributed by atoms with Crippen LogP contribution in [0.1, 0.15) is 30.8 Å². The van der Waals surface area contributed by atoms with Crippen molar-refractivity contribution < 1.29 is 14.7 Å². The van der Waals surface area contributed by atoms with Gasteiger partial charge in [-0.1, -0.05) is 6.92 Å². The van der Waals surface area contributed by atoms with Crippen LogP contribution >= 0.6 is 0 Å². The van der Waals surface area contributed by atoms with Crippen LogP contribution in [0, 0.1) is 0 Å². The van der Waals surface area contributed by atoms with Crippen molar-refractivity contribution in [2.75, 3.05) is 13.1 Å². The normalized spacial score (nSPS) is 12.2. The standard InChI is InChI=1S/C12H20N4O3/c1-3-9(2)16(7-11(17)18)12(19)10-6-15(5-4-13)8-14-10/h6,8-9H,3-5,7,13H2,1-2H3,(H,17,18). The molecule has 1 atom stereocenters. The van der Waals surface area contributed by atoms with Crippen molar-refractivity contribution in [2.45, 2.75) is 32.9 Å². The first-order chi connectivity index (χ1) is 8.99. The zero-order valence-electron chi connectivity index (χ0n) is 11.2. The van der Waals surface area contributed by atoms with Crippen LogP contribution in [0.15, 0.2) is 12.5 Å². The first-order valence-electron chi connectivity index (χ1n) is 6.24. The summed E-state index contributed by atoms with van der Waals surface area (Å²) in [6.45, 7) is 4.42. The van der Waals surface area contributed by atoms with Crippen molar-refractivity contribution in [1.82, 2.24) is 14.5 Å². The summed E-state index contributed by atoms with van der Waals surface area (Å²) in [5.74, 6) is -1.40. The summed E-state index contributed by atoms with van der Waals surface area (Å²) in [7, 11) is 0. The third kappa shape index (κ3) is 4.06. The Balaban J connectivity index is 2.87. The monoisotopic (exact) mass is 268 g/mol. The fraction of sp³-hybridized carbons (Fsp3) is 0.583. The van der Waals surface area contributed by atoms with Gasteiger partial charge < -0.3 is 20.3 Å². The average molecular weight is 268 g/mol. The number of rotatable bonds is 7. The molecule has 1 aromatic rings. The van der Waals surface area contributed by atoms with Gasteiger partial charge in [0.05, 0.1) is 6.33 Å². The number of nitrogens with two attached hydrogens (primary N) is 1. The van der Waals surface area contributed by atoms with Crippen molar-refractivity contribution in [1.29, 1.82) is 0 Å². The lowest BCUT2D eigenvalue weighted by atomic mass is 10.2. The SMILES string of the molecule is CCC(C)N(CC(=O)O)C(=O)c1cn(CCN)cn1. The van der Waals surface area contributed by atoms with Gasteiger partial charge in [-0.3, -0.25) is 9.59 Å². The molecule has 3 N–H and O–H groups in total. The van der Waals surface area contributed by atoms with Gasteiger partial charge in [0.15, 0.2) is 0 Å². The summed E-state index contributed by atoms with van der Waals surface area (Å²) in [6.07, 6.45) is 3.80. The molecule has 0 bridgehead atoms. The fourth-order valence-electron chi connectivity index (χ4n) is 1.68. The second-order valence-electron chi connectivity index (χ2n) is 4.37. The molecule has 1 aromatic heterocycles. The summed E-state index contributed by atoms with van der Waals surface area (Å²) < 4.78 is 1.71. The maximum atomic E-state index is 12.3. The predicted octanol–water partition coefficient (Wildman–Crippen LogP) is 0.167. The van der Waals surface area contributed by atoms with E-state index in [4.69, 9.17) is 10.8 Å². The minimum atomic E-state index is -1.03. The molecule has 1 unspecified atom stereocenters. The van der Waals surface area contributed by atoms with Gasteiger partial charge in [0.1, 0.15) is 12.2 Å². The number of nitrogens with zero attached hydrogens (tertiary/aromatic N) is 3. The van der Waals surface area contributed by atoms with Gasteiger partial charge in [-0.2, -0.15) is 0 Å². The topological polar surface area (TPSA) is 101 Å². The van der Waals surface area contributed by atoms with Crippen LogP contribution < -0.4 is 5.73 Å². The quantitative estimate of drug-likeness (QED) is 0.734. The minimum Gasteiger partial charge on any atom is -0.480 e. The largest absolute Gasteiger partial charge is 0.480 e. The van der Waals surface area contributed by atoms with E-state index in [-0.39, 0.29) is 24.2 Å². The number of imidazole rings is 1. The highest BCUT2D eigenvalue weighted by atomic mass is 16.4. The maximum absolute atomic E-state index is 12.3. The Morgan fingerprint density at radius 1 is 1.58 bits per heavy atom. The van der Waals surface area contributed by atoms with Crippen LogP contribution in [0.4, 0.5) is 0 Å². The maximum Gasteiger partial charge on any atom is 0.323 e. The second kappa shape index (κ2) is 6.89. The van der Waals surface area contributed by atoms with E-state index < -0.39 is 5.97 Å². The number of carbonyl (C=O) groups is 2. The molecule has 0 saturated heterocycles. The highest BCUT2D eigenvalue weighted by Gasteiger charge is 2.24. The number of hydrogen-bond donors (Lipinski definition) is 2. The number of aromatic nitrogens is 2. The van der Waals surface area contributed by atoms with Gasteiger partial charge in [0.25, 0.3) is 5.91 Å². The van der Waals surface area contributed by atoms with E-state index >= 15 is 0 Å². The first kappa shape index (κ1) is 15.2. The highest BCUT2D eigenvalue weighted by molar-refractivity contribution is 5.94. The Morgan fingerprint density at radius 3 is 2.79 bits per heavy atom. The van der Waals surface area contributed by atoms with E-state index in [0.29, 0.717) is 19.5 Å². The van der Waals surface area contributed by atoms with E-state index in [2.05, 4.69) is 4.98 Å². The molecule has 0 saturated carbocycles. The molecular formula is C12H20N4O3. The predicted molar refractivity (Wildman–Crippen MR) is 69.7 cm³/mol. The van der Waals surface area contributed by atoms with Gasteiger partial charge in [-0.05, 0) is 13.3 Å². The molecule has 1 amide bonds. The molecular weight excluding hydrogens is 248 g/mol. The second-order valence-corrected chi connectivity index (χ2v) is 4.37. The smallest absolute Gasteiger partial charge is 0.323 e. The lowest BCUT2D eigenvalue weighted by Gasteiger charge is -2.26. The molecule has 1 heterocycles. The van der Waals surface area contributed by atoms with Gasteiger partial charge in [-0.15, -0.1) is 0 Å². The first-order valence-corrected chi connectivity index (χ1v) is 6.24. The summed E-state index contributed by atoms with van der Waals surface area (Å²) in [5.41, 5.74) is 5.67. The molecule has 106 valence electrons. The van der Waals surface area contributed by atoms with Gasteiger partial charge in [0, 0.05) is 25.3 Å². The van der Waals surface area contributed by atoms with Crippen LogP contribution in [-0.4, -0.2) is 50.6 Å². The van der Waals surface area contributed by atoms with Crippen molar-refractivity contribution in [3.8, 4) is 0 Å². The molecule has 0 aliphatic carbocycles. The molecule has 0 aromatic carbocycles. The number of aliphatic carboxylic acids is 1. The lowest BCUT2D eigenvalue weighted by molar-refractivity contribution is -0.138. The van der Waals surface area contributed by atoms with Crippen LogP contribution in [0.3, 0.4) is 0 Å². The Hall–Kier alpha value is -1.89. The van der Waals surface area contributed by atoms with E-state index in [9.17, 15) is 9.59 Å². The molecule has 0 spiro atoms. The van der Waals surface area contributed by atoms with Crippen LogP contribution in [0.5, 0.6) is 0 Å². The highest BCUT2D eigenvalue weighted by Crippen LogP contribution is 2.09. The van der Waals surface area contributed by atoms with Gasteiger partial charge in [-0.25, -0.2) is 4.98 Å². The van der Waals surface area contributed by atoms with Crippen molar-refractivity contribution in [3.63, 3.8) is 0 Å². The molecule has 0 radical (unpaired) electrons. The fourth-order valence-corrected chi connectivity index (χ4v) is 1.68. The molecule has 7 heteroatoms. The average Bonchev–Trinajstić information content (AvgIpc) is 2.83. The summed E-state index contributed by atoms with van der Waals surface area (Å²) >= 11 is 0. The molecule has 1 rings (SSSR count). The minimum absolute atomic E-state index is 0.150. The molecule has 0 aliphatic rings. The van der Waals surface area contributed by atoms with Gasteiger partial charge in [0.2, 0.25) is 0 Å². The van der Waals surface area contributed by atoms with E-state index in [0.717, 1.165) is 0 Å². The van der Waals surface area contributed by atoms with Gasteiger partial charge >= 0.3 is 5.97 Å². The molecule has 19 heavy (non-hydrogen) atoms. The number of carboxylic acid groups (broad SMARTS) is 1. The van der Waals surface area contributed by atoms with Crippen LogP contribution in [0.2, 0.25) is 0 Å². The number of carbonyl (C=O) groups excluding carboxylic acids is 1. The number of hydrogen-bond acceptors (Lipinski definition) is 4. The summed E-state index contributed by atoms with van der Waals surface area (Å²) in [6, 6.07) is -0.150. The Morgan fingerprint density at radius 2 is 2.26 bits per heavy atom. The van der Waals surface area contributed by atoms with Crippen molar-refractivity contribution in [3.05, 3.63) is 18.2 Å². The van der Waals surface area contributed by atoms with Crippen LogP contribution in [0.25, 0.3) is 0 Å². The molecule has 0 fully saturated rings. The number of amides is 1. The summed E-state index contributed by atoms with van der Waals surface area (Å²) in [5, 5.41) is 8.88. The Bertz CT molecular complexity index is 444. The van der Waals surface area contributed by atoms with E-state index in [1.807, 2.05) is 13.8 Å². The van der Waals surface area contributed by atoms with Crippen molar-refractivity contribution >= 4 is 11.9 Å². The third-order valence-electron chi connectivity index (χ3n) is 2.93. The zero-order chi connectivity index (χ0) is 14.4. The molecule has 0 aliphatic heterocycles. The number of carboxylic acids is 1. The van der Waals surface area contributed by atoms with E-state index in [1.54, 1.807) is 10.8 Å². The third-order valence-corrected chi connectivity index (χ3v) is 2.93. The van der Waals surface area contributed by atoms with Crippen molar-refractivity contribution in [2.24, 2.45) is 5.73 Å². The van der Waals surface area contributed by atoms with Crippen LogP contribution in [-0.2, 0) is 11.3 Å². The molecule has 7 nitrogen and oxygen atoms in total. The lowest BCUT2D eigenvalue weighted by Crippen LogP contribution is -2.42. The summed E-state index contributed by atoms with van der Waals surface area (Å²) in [4.78, 5) is 28.4.